The Hall–Kier alpha value is -3.73. The summed E-state index contributed by atoms with van der Waals surface area (Å²) in [7, 11) is 2.79. The fourth-order valence-corrected chi connectivity index (χ4v) is 5.64. The molecule has 9 nitrogen and oxygen atoms in total. The van der Waals surface area contributed by atoms with Gasteiger partial charge in [-0.2, -0.15) is 4.98 Å². The van der Waals surface area contributed by atoms with E-state index in [1.165, 1.54) is 26.4 Å². The second-order valence-corrected chi connectivity index (χ2v) is 9.69. The van der Waals surface area contributed by atoms with Crippen molar-refractivity contribution in [3.8, 4) is 11.5 Å². The lowest BCUT2D eigenvalue weighted by molar-refractivity contribution is -0.132. The standard InChI is InChI=1S/C27H32F2N6O3/c1-4-31-20(15-5-7-16(28)8-6-15)12-22(36)34-13-17-9-10-18(14-34)35(17)27-32-24-19(26(30)33-27)11-21(37-2)25(38-3)23(24)29/h5-8,11,17-18,20,31H,4,9-10,12-14H2,1-3H3,(H2,30,32,33). The average Bonchev–Trinajstić information content (AvgIpc) is 3.17. The first-order chi connectivity index (χ1) is 18.3. The van der Waals surface area contributed by atoms with Gasteiger partial charge in [-0.3, -0.25) is 4.79 Å². The van der Waals surface area contributed by atoms with Crippen LogP contribution in [0.15, 0.2) is 30.3 Å². The summed E-state index contributed by atoms with van der Waals surface area (Å²) in [6.07, 6.45) is 1.99. The number of piperazine rings is 1. The van der Waals surface area contributed by atoms with Gasteiger partial charge in [0.1, 0.15) is 17.2 Å². The number of amides is 1. The van der Waals surface area contributed by atoms with E-state index in [-0.39, 0.29) is 59.1 Å². The molecule has 0 spiro atoms. The van der Waals surface area contributed by atoms with E-state index < -0.39 is 5.82 Å². The average molecular weight is 527 g/mol. The highest BCUT2D eigenvalue weighted by molar-refractivity contribution is 5.92. The zero-order chi connectivity index (χ0) is 27.0. The summed E-state index contributed by atoms with van der Waals surface area (Å²) in [5, 5.41) is 3.69. The lowest BCUT2D eigenvalue weighted by Gasteiger charge is -2.41. The van der Waals surface area contributed by atoms with Crippen molar-refractivity contribution in [3.63, 3.8) is 0 Å². The first-order valence-electron chi connectivity index (χ1n) is 12.8. The van der Waals surface area contributed by atoms with Crippen LogP contribution in [0.4, 0.5) is 20.5 Å². The molecule has 2 aromatic carbocycles. The number of benzene rings is 2. The molecule has 0 saturated carbocycles. The molecule has 3 N–H and O–H groups in total. The molecule has 38 heavy (non-hydrogen) atoms. The van der Waals surface area contributed by atoms with E-state index in [4.69, 9.17) is 15.2 Å². The van der Waals surface area contributed by atoms with Crippen LogP contribution in [-0.4, -0.2) is 66.7 Å². The Morgan fingerprint density at radius 2 is 1.82 bits per heavy atom. The van der Waals surface area contributed by atoms with Gasteiger partial charge in [-0.25, -0.2) is 13.8 Å². The van der Waals surface area contributed by atoms with Gasteiger partial charge in [-0.05, 0) is 43.1 Å². The lowest BCUT2D eigenvalue weighted by atomic mass is 10.0. The van der Waals surface area contributed by atoms with Crippen LogP contribution in [0.25, 0.3) is 10.9 Å². The number of hydrogen-bond acceptors (Lipinski definition) is 8. The summed E-state index contributed by atoms with van der Waals surface area (Å²) >= 11 is 0. The molecule has 1 aromatic heterocycles. The Balaban J connectivity index is 1.37. The molecule has 11 heteroatoms. The maximum absolute atomic E-state index is 15.3. The van der Waals surface area contributed by atoms with Gasteiger partial charge in [-0.15, -0.1) is 0 Å². The predicted octanol–water partition coefficient (Wildman–Crippen LogP) is 3.43. The molecule has 2 saturated heterocycles. The number of nitrogens with zero attached hydrogens (tertiary/aromatic N) is 4. The molecule has 3 heterocycles. The van der Waals surface area contributed by atoms with Crippen LogP contribution in [0.3, 0.4) is 0 Å². The highest BCUT2D eigenvalue weighted by Crippen LogP contribution is 2.40. The number of carbonyl (C=O) groups is 1. The van der Waals surface area contributed by atoms with E-state index in [1.807, 2.05) is 11.8 Å². The molecule has 2 fully saturated rings. The largest absolute Gasteiger partial charge is 0.493 e. The van der Waals surface area contributed by atoms with Crippen molar-refractivity contribution in [2.24, 2.45) is 0 Å². The van der Waals surface area contributed by atoms with Crippen LogP contribution in [0.1, 0.15) is 37.8 Å². The van der Waals surface area contributed by atoms with Gasteiger partial charge < -0.3 is 30.3 Å². The number of methoxy groups -OCH3 is 2. The number of likely N-dealkylation sites (tertiary alicyclic amines) is 1. The number of rotatable bonds is 8. The molecule has 202 valence electrons. The number of halogens is 2. The number of anilines is 2. The van der Waals surface area contributed by atoms with Crippen molar-refractivity contribution in [1.82, 2.24) is 20.2 Å². The van der Waals surface area contributed by atoms with Gasteiger partial charge >= 0.3 is 0 Å². The molecule has 3 aromatic rings. The minimum atomic E-state index is -0.659. The number of nitrogens with two attached hydrogens (primary N) is 1. The smallest absolute Gasteiger partial charge is 0.228 e. The summed E-state index contributed by atoms with van der Waals surface area (Å²) < 4.78 is 39.2. The van der Waals surface area contributed by atoms with Crippen LogP contribution >= 0.6 is 0 Å². The Morgan fingerprint density at radius 3 is 2.42 bits per heavy atom. The first kappa shape index (κ1) is 25.9. The van der Waals surface area contributed by atoms with Crippen molar-refractivity contribution in [3.05, 3.63) is 47.5 Å². The molecule has 1 amide bonds. The first-order valence-corrected chi connectivity index (χ1v) is 12.8. The lowest BCUT2D eigenvalue weighted by Crippen LogP contribution is -2.56. The number of hydrogen-bond donors (Lipinski definition) is 2. The highest BCUT2D eigenvalue weighted by atomic mass is 19.1. The van der Waals surface area contributed by atoms with Gasteiger partial charge in [0.05, 0.1) is 14.2 Å². The quantitative estimate of drug-likeness (QED) is 0.460. The summed E-state index contributed by atoms with van der Waals surface area (Å²) in [5.41, 5.74) is 7.18. The molecule has 2 aliphatic rings. The number of fused-ring (bicyclic) bond motifs is 3. The van der Waals surface area contributed by atoms with Gasteiger partial charge in [0, 0.05) is 43.0 Å². The predicted molar refractivity (Wildman–Crippen MR) is 140 cm³/mol. The fourth-order valence-electron chi connectivity index (χ4n) is 5.64. The third-order valence-electron chi connectivity index (χ3n) is 7.46. The number of carbonyl (C=O) groups excluding carboxylic acids is 1. The Labute approximate surface area is 219 Å². The van der Waals surface area contributed by atoms with Crippen LogP contribution in [0.5, 0.6) is 11.5 Å². The molecule has 5 rings (SSSR count). The third-order valence-corrected chi connectivity index (χ3v) is 7.46. The molecule has 0 aliphatic carbocycles. The SMILES string of the molecule is CCNC(CC(=O)N1CC2CCC(C1)N2c1nc(N)c2cc(OC)c(OC)c(F)c2n1)c1ccc(F)cc1. The Bertz CT molecular complexity index is 1320. The second-order valence-electron chi connectivity index (χ2n) is 9.69. The monoisotopic (exact) mass is 526 g/mol. The van der Waals surface area contributed by atoms with Crippen molar-refractivity contribution >= 4 is 28.6 Å². The minimum absolute atomic E-state index is 0.0128. The third kappa shape index (κ3) is 4.66. The molecule has 3 atom stereocenters. The van der Waals surface area contributed by atoms with E-state index in [2.05, 4.69) is 20.2 Å². The maximum Gasteiger partial charge on any atom is 0.228 e. The van der Waals surface area contributed by atoms with Crippen molar-refractivity contribution in [1.29, 1.82) is 0 Å². The number of nitrogen functional groups attached to an aromatic ring is 1. The fraction of sp³-hybridized carbons (Fsp3) is 0.444. The van der Waals surface area contributed by atoms with E-state index in [0.29, 0.717) is 31.0 Å². The van der Waals surface area contributed by atoms with Gasteiger partial charge in [0.15, 0.2) is 17.3 Å². The highest BCUT2D eigenvalue weighted by Gasteiger charge is 2.43. The van der Waals surface area contributed by atoms with Crippen LogP contribution < -0.4 is 25.4 Å². The van der Waals surface area contributed by atoms with Crippen molar-refractivity contribution in [2.75, 3.05) is 44.5 Å². The molecular weight excluding hydrogens is 494 g/mol. The van der Waals surface area contributed by atoms with Gasteiger partial charge in [-0.1, -0.05) is 19.1 Å². The number of aromatic nitrogens is 2. The summed E-state index contributed by atoms with van der Waals surface area (Å²) in [6.45, 7) is 3.67. The Morgan fingerprint density at radius 1 is 1.13 bits per heavy atom. The summed E-state index contributed by atoms with van der Waals surface area (Å²) in [5.74, 6) is -0.277. The zero-order valence-corrected chi connectivity index (χ0v) is 21.7. The van der Waals surface area contributed by atoms with Crippen LogP contribution in [0, 0.1) is 11.6 Å². The maximum atomic E-state index is 15.3. The molecular formula is C27H32F2N6O3. The van der Waals surface area contributed by atoms with Crippen LogP contribution in [-0.2, 0) is 4.79 Å². The summed E-state index contributed by atoms with van der Waals surface area (Å²) in [6, 6.07) is 7.58. The molecule has 2 bridgehead atoms. The molecule has 3 unspecified atom stereocenters. The van der Waals surface area contributed by atoms with Crippen LogP contribution in [0.2, 0.25) is 0 Å². The van der Waals surface area contributed by atoms with E-state index in [9.17, 15) is 9.18 Å². The van der Waals surface area contributed by atoms with E-state index >= 15 is 4.39 Å². The van der Waals surface area contributed by atoms with Crippen molar-refractivity contribution in [2.45, 2.75) is 44.3 Å². The van der Waals surface area contributed by atoms with E-state index in [0.717, 1.165) is 18.4 Å². The van der Waals surface area contributed by atoms with E-state index in [1.54, 1.807) is 18.2 Å². The molecule has 2 aliphatic heterocycles. The van der Waals surface area contributed by atoms with Gasteiger partial charge in [0.25, 0.3) is 0 Å². The second kappa shape index (κ2) is 10.6. The molecule has 0 radical (unpaired) electrons. The number of nitrogens with one attached hydrogen (secondary N) is 1. The zero-order valence-electron chi connectivity index (χ0n) is 21.7. The normalized spacial score (nSPS) is 19.6. The Kier molecular flexibility index (Phi) is 7.20. The van der Waals surface area contributed by atoms with Gasteiger partial charge in [0.2, 0.25) is 11.9 Å². The number of ether oxygens (including phenoxy) is 2. The summed E-state index contributed by atoms with van der Waals surface area (Å²) in [4.78, 5) is 26.4. The minimum Gasteiger partial charge on any atom is -0.493 e. The topological polar surface area (TPSA) is 106 Å². The van der Waals surface area contributed by atoms with Crippen molar-refractivity contribution < 1.29 is 23.0 Å².